The van der Waals surface area contributed by atoms with Crippen LogP contribution < -0.4 is 0 Å². The molecule has 0 unspecified atom stereocenters. The maximum Gasteiger partial charge on any atom is 0.150 e. The molecule has 0 radical (unpaired) electrons. The number of carbonyl (C=O) groups excluding carboxylic acids is 1. The highest BCUT2D eigenvalue weighted by Gasteiger charge is 2.22. The highest BCUT2D eigenvalue weighted by molar-refractivity contribution is 5.91. The number of hydrogen-bond acceptors (Lipinski definition) is 2. The predicted molar refractivity (Wildman–Crippen MR) is 77.7 cm³/mol. The predicted octanol–water partition coefficient (Wildman–Crippen LogP) is 2.85. The van der Waals surface area contributed by atoms with E-state index in [9.17, 15) is 4.79 Å². The SMILES string of the molecule is CCN1CCc2c(c3cc(C=O)ccc3n2CC)C1. The lowest BCUT2D eigenvalue weighted by molar-refractivity contribution is 0.112. The van der Waals surface area contributed by atoms with Crippen LogP contribution >= 0.6 is 0 Å². The molecule has 0 fully saturated rings. The number of aldehydes is 1. The molecule has 1 aromatic heterocycles. The summed E-state index contributed by atoms with van der Waals surface area (Å²) in [6.45, 7) is 8.64. The Balaban J connectivity index is 2.24. The first kappa shape index (κ1) is 12.4. The van der Waals surface area contributed by atoms with Crippen LogP contribution in [0.3, 0.4) is 0 Å². The summed E-state index contributed by atoms with van der Waals surface area (Å²) in [4.78, 5) is 13.5. The van der Waals surface area contributed by atoms with E-state index in [4.69, 9.17) is 0 Å². The van der Waals surface area contributed by atoms with Crippen molar-refractivity contribution in [3.8, 4) is 0 Å². The van der Waals surface area contributed by atoms with E-state index >= 15 is 0 Å². The molecule has 19 heavy (non-hydrogen) atoms. The summed E-state index contributed by atoms with van der Waals surface area (Å²) < 4.78 is 2.41. The molecule has 0 atom stereocenters. The second kappa shape index (κ2) is 4.82. The lowest BCUT2D eigenvalue weighted by Crippen LogP contribution is -2.30. The van der Waals surface area contributed by atoms with Gasteiger partial charge in [0.2, 0.25) is 0 Å². The molecule has 0 saturated carbocycles. The zero-order chi connectivity index (χ0) is 13.4. The minimum absolute atomic E-state index is 0.775. The second-order valence-electron chi connectivity index (χ2n) is 5.18. The van der Waals surface area contributed by atoms with E-state index in [1.165, 1.54) is 22.2 Å². The van der Waals surface area contributed by atoms with Gasteiger partial charge in [-0.2, -0.15) is 0 Å². The van der Waals surface area contributed by atoms with Gasteiger partial charge in [-0.05, 0) is 37.2 Å². The highest BCUT2D eigenvalue weighted by atomic mass is 16.1. The third kappa shape index (κ3) is 1.89. The molecular formula is C16H20N2O. The fraction of sp³-hybridized carbons (Fsp3) is 0.438. The number of aryl methyl sites for hydroxylation is 1. The number of carbonyl (C=O) groups is 1. The Hall–Kier alpha value is -1.61. The Labute approximate surface area is 113 Å². The summed E-state index contributed by atoms with van der Waals surface area (Å²) >= 11 is 0. The molecule has 0 spiro atoms. The van der Waals surface area contributed by atoms with Crippen molar-refractivity contribution in [1.29, 1.82) is 0 Å². The van der Waals surface area contributed by atoms with Crippen LogP contribution in [0, 0.1) is 0 Å². The normalized spacial score (nSPS) is 15.7. The summed E-state index contributed by atoms with van der Waals surface area (Å²) in [5, 5.41) is 1.26. The zero-order valence-corrected chi connectivity index (χ0v) is 11.6. The number of hydrogen-bond donors (Lipinski definition) is 0. The van der Waals surface area contributed by atoms with Gasteiger partial charge in [-0.1, -0.05) is 6.92 Å². The summed E-state index contributed by atoms with van der Waals surface area (Å²) in [7, 11) is 0. The Kier molecular flexibility index (Phi) is 3.15. The largest absolute Gasteiger partial charge is 0.344 e. The third-order valence-electron chi connectivity index (χ3n) is 4.26. The molecule has 2 heterocycles. The van der Waals surface area contributed by atoms with Crippen LogP contribution in [-0.4, -0.2) is 28.8 Å². The van der Waals surface area contributed by atoms with Crippen molar-refractivity contribution >= 4 is 17.2 Å². The zero-order valence-electron chi connectivity index (χ0n) is 11.6. The Morgan fingerprint density at radius 1 is 1.26 bits per heavy atom. The van der Waals surface area contributed by atoms with Gasteiger partial charge in [-0.25, -0.2) is 0 Å². The van der Waals surface area contributed by atoms with E-state index in [1.54, 1.807) is 0 Å². The third-order valence-corrected chi connectivity index (χ3v) is 4.26. The van der Waals surface area contributed by atoms with Gasteiger partial charge in [0.15, 0.2) is 0 Å². The van der Waals surface area contributed by atoms with Crippen molar-refractivity contribution in [2.24, 2.45) is 0 Å². The number of likely N-dealkylation sites (N-methyl/N-ethyl adjacent to an activating group) is 1. The van der Waals surface area contributed by atoms with Crippen molar-refractivity contribution in [3.63, 3.8) is 0 Å². The van der Waals surface area contributed by atoms with Crippen molar-refractivity contribution < 1.29 is 4.79 Å². The number of rotatable bonds is 3. The number of fused-ring (bicyclic) bond motifs is 3. The van der Waals surface area contributed by atoms with Crippen molar-refractivity contribution in [2.45, 2.75) is 33.4 Å². The van der Waals surface area contributed by atoms with Crippen LogP contribution in [0.5, 0.6) is 0 Å². The second-order valence-corrected chi connectivity index (χ2v) is 5.18. The average molecular weight is 256 g/mol. The molecule has 0 amide bonds. The van der Waals surface area contributed by atoms with Crippen LogP contribution in [0.15, 0.2) is 18.2 Å². The van der Waals surface area contributed by atoms with Crippen molar-refractivity contribution in [2.75, 3.05) is 13.1 Å². The van der Waals surface area contributed by atoms with Gasteiger partial charge >= 0.3 is 0 Å². The molecule has 0 N–H and O–H groups in total. The topological polar surface area (TPSA) is 25.2 Å². The van der Waals surface area contributed by atoms with E-state index in [0.29, 0.717) is 0 Å². The van der Waals surface area contributed by atoms with E-state index in [0.717, 1.165) is 44.4 Å². The van der Waals surface area contributed by atoms with E-state index < -0.39 is 0 Å². The maximum absolute atomic E-state index is 11.0. The van der Waals surface area contributed by atoms with E-state index in [2.05, 4.69) is 29.4 Å². The molecule has 3 rings (SSSR count). The summed E-state index contributed by atoms with van der Waals surface area (Å²) in [6.07, 6.45) is 2.05. The molecular weight excluding hydrogens is 236 g/mol. The van der Waals surface area contributed by atoms with Crippen molar-refractivity contribution in [1.82, 2.24) is 9.47 Å². The first-order chi connectivity index (χ1) is 9.28. The maximum atomic E-state index is 11.0. The summed E-state index contributed by atoms with van der Waals surface area (Å²) in [6, 6.07) is 6.06. The first-order valence-electron chi connectivity index (χ1n) is 7.10. The molecule has 3 nitrogen and oxygen atoms in total. The van der Waals surface area contributed by atoms with E-state index in [-0.39, 0.29) is 0 Å². The standard InChI is InChI=1S/C16H20N2O/c1-3-17-8-7-16-14(10-17)13-9-12(11-19)5-6-15(13)18(16)4-2/h5-6,9,11H,3-4,7-8,10H2,1-2H3. The summed E-state index contributed by atoms with van der Waals surface area (Å²) in [5.41, 5.74) is 4.94. The van der Waals surface area contributed by atoms with Gasteiger partial charge < -0.3 is 4.57 Å². The molecule has 0 saturated heterocycles. The first-order valence-corrected chi connectivity index (χ1v) is 7.10. The van der Waals surface area contributed by atoms with E-state index in [1.807, 2.05) is 12.1 Å². The monoisotopic (exact) mass is 256 g/mol. The molecule has 3 heteroatoms. The van der Waals surface area contributed by atoms with Crippen LogP contribution in [0.25, 0.3) is 10.9 Å². The Morgan fingerprint density at radius 2 is 2.11 bits per heavy atom. The minimum Gasteiger partial charge on any atom is -0.344 e. The van der Waals surface area contributed by atoms with Gasteiger partial charge in [0.1, 0.15) is 6.29 Å². The minimum atomic E-state index is 0.775. The van der Waals surface area contributed by atoms with Crippen LogP contribution in [0.1, 0.15) is 35.5 Å². The van der Waals surface area contributed by atoms with Gasteiger partial charge in [0.05, 0.1) is 0 Å². The molecule has 0 aliphatic carbocycles. The molecule has 1 aromatic carbocycles. The summed E-state index contributed by atoms with van der Waals surface area (Å²) in [5.74, 6) is 0. The Bertz CT molecular complexity index is 627. The smallest absolute Gasteiger partial charge is 0.150 e. The number of nitrogens with zero attached hydrogens (tertiary/aromatic N) is 2. The number of benzene rings is 1. The van der Waals surface area contributed by atoms with Crippen LogP contribution in [0.4, 0.5) is 0 Å². The Morgan fingerprint density at radius 3 is 2.79 bits per heavy atom. The van der Waals surface area contributed by atoms with Gasteiger partial charge in [0.25, 0.3) is 0 Å². The molecule has 1 aliphatic heterocycles. The van der Waals surface area contributed by atoms with Gasteiger partial charge in [-0.15, -0.1) is 0 Å². The fourth-order valence-electron chi connectivity index (χ4n) is 3.23. The lowest BCUT2D eigenvalue weighted by Gasteiger charge is -2.26. The lowest BCUT2D eigenvalue weighted by atomic mass is 10.0. The highest BCUT2D eigenvalue weighted by Crippen LogP contribution is 2.31. The fourth-order valence-corrected chi connectivity index (χ4v) is 3.23. The molecule has 100 valence electrons. The van der Waals surface area contributed by atoms with Crippen LogP contribution in [0.2, 0.25) is 0 Å². The van der Waals surface area contributed by atoms with Gasteiger partial charge in [0, 0.05) is 48.2 Å². The molecule has 1 aliphatic rings. The van der Waals surface area contributed by atoms with Crippen LogP contribution in [-0.2, 0) is 19.5 Å². The number of aromatic nitrogens is 1. The van der Waals surface area contributed by atoms with Crippen molar-refractivity contribution in [3.05, 3.63) is 35.0 Å². The van der Waals surface area contributed by atoms with Gasteiger partial charge in [-0.3, -0.25) is 9.69 Å². The average Bonchev–Trinajstić information content (AvgIpc) is 2.79. The molecule has 0 bridgehead atoms. The molecule has 2 aromatic rings. The quantitative estimate of drug-likeness (QED) is 0.789.